The Morgan fingerprint density at radius 3 is 2.26 bits per heavy atom. The third kappa shape index (κ3) is 2.47. The Labute approximate surface area is 109 Å². The van der Waals surface area contributed by atoms with Gasteiger partial charge in [-0.1, -0.05) is 12.1 Å². The number of halogens is 2. The maximum absolute atomic E-state index is 13.2. The molecular weight excluding hydrogens is 250 g/mol. The van der Waals surface area contributed by atoms with E-state index in [1.807, 2.05) is 0 Å². The van der Waals surface area contributed by atoms with Crippen molar-refractivity contribution in [2.75, 3.05) is 0 Å². The molecule has 0 aliphatic rings. The fourth-order valence-electron chi connectivity index (χ4n) is 1.92. The van der Waals surface area contributed by atoms with Crippen LogP contribution in [0.3, 0.4) is 0 Å². The third-order valence-electron chi connectivity index (χ3n) is 3.15. The molecule has 0 aromatic heterocycles. The highest BCUT2D eigenvalue weighted by Crippen LogP contribution is 2.26. The first-order chi connectivity index (χ1) is 8.90. The topological polar surface area (TPSA) is 37.3 Å². The van der Waals surface area contributed by atoms with Crippen LogP contribution in [0.5, 0.6) is 0 Å². The van der Waals surface area contributed by atoms with Gasteiger partial charge in [0.2, 0.25) is 0 Å². The van der Waals surface area contributed by atoms with E-state index in [2.05, 4.69) is 0 Å². The number of hydrogen-bond acceptors (Lipinski definition) is 1. The second-order valence-corrected chi connectivity index (χ2v) is 4.40. The van der Waals surface area contributed by atoms with E-state index in [9.17, 15) is 13.6 Å². The summed E-state index contributed by atoms with van der Waals surface area (Å²) in [5, 5.41) is 9.13. The van der Waals surface area contributed by atoms with Crippen molar-refractivity contribution >= 4 is 5.97 Å². The minimum atomic E-state index is -1.04. The summed E-state index contributed by atoms with van der Waals surface area (Å²) >= 11 is 0. The summed E-state index contributed by atoms with van der Waals surface area (Å²) in [5.41, 5.74) is 2.63. The Morgan fingerprint density at radius 2 is 1.68 bits per heavy atom. The van der Waals surface area contributed by atoms with Crippen molar-refractivity contribution in [3.63, 3.8) is 0 Å². The molecule has 0 aliphatic heterocycles. The molecule has 19 heavy (non-hydrogen) atoms. The van der Waals surface area contributed by atoms with Gasteiger partial charge in [-0.05, 0) is 54.3 Å². The summed E-state index contributed by atoms with van der Waals surface area (Å²) in [4.78, 5) is 11.1. The predicted molar refractivity (Wildman–Crippen MR) is 68.2 cm³/mol. The lowest BCUT2D eigenvalue weighted by Crippen LogP contribution is -2.02. The van der Waals surface area contributed by atoms with Crippen molar-refractivity contribution in [2.24, 2.45) is 0 Å². The highest BCUT2D eigenvalue weighted by atomic mass is 19.2. The van der Waals surface area contributed by atoms with Gasteiger partial charge >= 0.3 is 5.97 Å². The minimum Gasteiger partial charge on any atom is -0.478 e. The van der Waals surface area contributed by atoms with E-state index in [4.69, 9.17) is 5.11 Å². The standard InChI is InChI=1S/C15H12F2O2/c1-8-5-11(6-12(9(8)2)15(18)19)10-3-4-13(16)14(17)7-10/h3-7H,1-2H3,(H,18,19). The fourth-order valence-corrected chi connectivity index (χ4v) is 1.92. The number of carbonyl (C=O) groups is 1. The second-order valence-electron chi connectivity index (χ2n) is 4.40. The van der Waals surface area contributed by atoms with Gasteiger partial charge in [0.1, 0.15) is 0 Å². The number of aryl methyl sites for hydroxylation is 1. The van der Waals surface area contributed by atoms with Gasteiger partial charge in [-0.15, -0.1) is 0 Å². The summed E-state index contributed by atoms with van der Waals surface area (Å²) in [7, 11) is 0. The van der Waals surface area contributed by atoms with Gasteiger partial charge in [0.05, 0.1) is 5.56 Å². The summed E-state index contributed by atoms with van der Waals surface area (Å²) in [6.45, 7) is 3.50. The molecule has 0 saturated carbocycles. The van der Waals surface area contributed by atoms with Gasteiger partial charge in [0, 0.05) is 0 Å². The van der Waals surface area contributed by atoms with E-state index < -0.39 is 17.6 Å². The molecular formula is C15H12F2O2. The molecule has 1 N–H and O–H groups in total. The minimum absolute atomic E-state index is 0.166. The van der Waals surface area contributed by atoms with Crippen molar-refractivity contribution < 1.29 is 18.7 Å². The first-order valence-electron chi connectivity index (χ1n) is 5.70. The van der Waals surface area contributed by atoms with Gasteiger partial charge in [0.25, 0.3) is 0 Å². The fraction of sp³-hybridized carbons (Fsp3) is 0.133. The number of carboxylic acid groups (broad SMARTS) is 1. The third-order valence-corrected chi connectivity index (χ3v) is 3.15. The molecule has 2 nitrogen and oxygen atoms in total. The molecule has 0 amide bonds. The van der Waals surface area contributed by atoms with Crippen LogP contribution in [-0.4, -0.2) is 11.1 Å². The first-order valence-corrected chi connectivity index (χ1v) is 5.70. The lowest BCUT2D eigenvalue weighted by Gasteiger charge is -2.10. The number of carboxylic acids is 1. The zero-order chi connectivity index (χ0) is 14.2. The monoisotopic (exact) mass is 262 g/mol. The molecule has 0 spiro atoms. The van der Waals surface area contributed by atoms with Crippen LogP contribution in [-0.2, 0) is 0 Å². The first kappa shape index (κ1) is 13.2. The Balaban J connectivity index is 2.62. The van der Waals surface area contributed by atoms with E-state index >= 15 is 0 Å². The van der Waals surface area contributed by atoms with Crippen molar-refractivity contribution in [3.05, 3.63) is 58.7 Å². The number of hydrogen-bond donors (Lipinski definition) is 1. The molecule has 0 fully saturated rings. The van der Waals surface area contributed by atoms with Crippen LogP contribution in [0.4, 0.5) is 8.78 Å². The quantitative estimate of drug-likeness (QED) is 0.889. The lowest BCUT2D eigenvalue weighted by atomic mass is 9.95. The second kappa shape index (κ2) is 4.80. The number of aromatic carboxylic acids is 1. The smallest absolute Gasteiger partial charge is 0.335 e. The molecule has 2 rings (SSSR count). The van der Waals surface area contributed by atoms with Crippen molar-refractivity contribution in [3.8, 4) is 11.1 Å². The van der Waals surface area contributed by atoms with E-state index in [0.29, 0.717) is 16.7 Å². The Bertz CT molecular complexity index is 663. The largest absolute Gasteiger partial charge is 0.478 e. The Kier molecular flexibility index (Phi) is 3.34. The van der Waals surface area contributed by atoms with Crippen molar-refractivity contribution in [1.82, 2.24) is 0 Å². The summed E-state index contributed by atoms with van der Waals surface area (Å²) in [5.74, 6) is -2.91. The van der Waals surface area contributed by atoms with Crippen LogP contribution in [0.15, 0.2) is 30.3 Å². The van der Waals surface area contributed by atoms with Crippen LogP contribution in [0.25, 0.3) is 11.1 Å². The van der Waals surface area contributed by atoms with Crippen LogP contribution in [0.2, 0.25) is 0 Å². The molecule has 2 aromatic rings. The van der Waals surface area contributed by atoms with Crippen molar-refractivity contribution in [1.29, 1.82) is 0 Å². The molecule has 98 valence electrons. The molecule has 0 unspecified atom stereocenters. The van der Waals surface area contributed by atoms with Crippen molar-refractivity contribution in [2.45, 2.75) is 13.8 Å². The lowest BCUT2D eigenvalue weighted by molar-refractivity contribution is 0.0696. The molecule has 2 aromatic carbocycles. The van der Waals surface area contributed by atoms with Crippen LogP contribution >= 0.6 is 0 Å². The number of rotatable bonds is 2. The average Bonchev–Trinajstić information content (AvgIpc) is 2.35. The van der Waals surface area contributed by atoms with Crippen LogP contribution in [0.1, 0.15) is 21.5 Å². The van der Waals surface area contributed by atoms with E-state index in [-0.39, 0.29) is 5.56 Å². The molecule has 0 bridgehead atoms. The van der Waals surface area contributed by atoms with Crippen LogP contribution < -0.4 is 0 Å². The Morgan fingerprint density at radius 1 is 1.00 bits per heavy atom. The van der Waals surface area contributed by atoms with Gasteiger partial charge in [-0.2, -0.15) is 0 Å². The maximum atomic E-state index is 13.2. The summed E-state index contributed by atoms with van der Waals surface area (Å²) < 4.78 is 26.1. The SMILES string of the molecule is Cc1cc(-c2ccc(F)c(F)c2)cc(C(=O)O)c1C. The summed E-state index contributed by atoms with van der Waals surface area (Å²) in [6.07, 6.45) is 0. The molecule has 0 atom stereocenters. The Hall–Kier alpha value is -2.23. The van der Waals surface area contributed by atoms with Crippen LogP contribution in [0, 0.1) is 25.5 Å². The maximum Gasteiger partial charge on any atom is 0.335 e. The zero-order valence-corrected chi connectivity index (χ0v) is 10.5. The van der Waals surface area contributed by atoms with Gasteiger partial charge in [0.15, 0.2) is 11.6 Å². The van der Waals surface area contributed by atoms with Gasteiger partial charge in [-0.25, -0.2) is 13.6 Å². The highest BCUT2D eigenvalue weighted by molar-refractivity contribution is 5.91. The summed E-state index contributed by atoms with van der Waals surface area (Å²) in [6, 6.07) is 6.74. The number of benzene rings is 2. The molecule has 4 heteroatoms. The molecule has 0 aliphatic carbocycles. The average molecular weight is 262 g/mol. The van der Waals surface area contributed by atoms with Gasteiger partial charge < -0.3 is 5.11 Å². The molecule has 0 heterocycles. The molecule has 0 radical (unpaired) electrons. The van der Waals surface area contributed by atoms with E-state index in [1.165, 1.54) is 12.1 Å². The predicted octanol–water partition coefficient (Wildman–Crippen LogP) is 3.95. The van der Waals surface area contributed by atoms with Gasteiger partial charge in [-0.3, -0.25) is 0 Å². The van der Waals surface area contributed by atoms with E-state index in [0.717, 1.165) is 17.7 Å². The normalized spacial score (nSPS) is 10.5. The molecule has 0 saturated heterocycles. The highest BCUT2D eigenvalue weighted by Gasteiger charge is 2.12. The zero-order valence-electron chi connectivity index (χ0n) is 10.5. The van der Waals surface area contributed by atoms with E-state index in [1.54, 1.807) is 19.9 Å².